The van der Waals surface area contributed by atoms with Gasteiger partial charge in [0, 0.05) is 12.6 Å². The Bertz CT molecular complexity index is 203. The van der Waals surface area contributed by atoms with Gasteiger partial charge in [-0.3, -0.25) is 0 Å². The minimum absolute atomic E-state index is 0.350. The van der Waals surface area contributed by atoms with Gasteiger partial charge in [-0.2, -0.15) is 0 Å². The SMILES string of the molecule is CC1CCC(C(C)C)C(NCCOC(C)C)C1. The summed E-state index contributed by atoms with van der Waals surface area (Å²) in [4.78, 5) is 0. The van der Waals surface area contributed by atoms with Gasteiger partial charge in [0.15, 0.2) is 0 Å². The quantitative estimate of drug-likeness (QED) is 0.719. The lowest BCUT2D eigenvalue weighted by Gasteiger charge is -2.38. The van der Waals surface area contributed by atoms with Gasteiger partial charge < -0.3 is 10.1 Å². The number of hydrogen-bond donors (Lipinski definition) is 1. The maximum Gasteiger partial charge on any atom is 0.0594 e. The van der Waals surface area contributed by atoms with Crippen molar-refractivity contribution in [3.05, 3.63) is 0 Å². The normalized spacial score (nSPS) is 30.2. The second kappa shape index (κ2) is 7.38. The standard InChI is InChI=1S/C15H31NO/c1-11(2)14-7-6-13(5)10-15(14)16-8-9-17-12(3)4/h11-16H,6-10H2,1-5H3. The fourth-order valence-corrected chi connectivity index (χ4v) is 2.98. The Morgan fingerprint density at radius 1 is 1.18 bits per heavy atom. The molecular formula is C15H31NO. The van der Waals surface area contributed by atoms with Crippen molar-refractivity contribution in [3.8, 4) is 0 Å². The van der Waals surface area contributed by atoms with Crippen LogP contribution in [0, 0.1) is 17.8 Å². The largest absolute Gasteiger partial charge is 0.377 e. The number of hydrogen-bond acceptors (Lipinski definition) is 2. The zero-order valence-electron chi connectivity index (χ0n) is 12.3. The molecule has 1 aliphatic rings. The zero-order chi connectivity index (χ0) is 12.8. The highest BCUT2D eigenvalue weighted by molar-refractivity contribution is 4.85. The second-order valence-corrected chi connectivity index (χ2v) is 6.31. The molecule has 1 aliphatic carbocycles. The van der Waals surface area contributed by atoms with E-state index in [-0.39, 0.29) is 0 Å². The van der Waals surface area contributed by atoms with Crippen molar-refractivity contribution < 1.29 is 4.74 Å². The predicted octanol–water partition coefficient (Wildman–Crippen LogP) is 3.46. The van der Waals surface area contributed by atoms with E-state index < -0.39 is 0 Å². The van der Waals surface area contributed by atoms with Crippen LogP contribution in [0.5, 0.6) is 0 Å². The van der Waals surface area contributed by atoms with Crippen LogP contribution in [0.25, 0.3) is 0 Å². The van der Waals surface area contributed by atoms with Crippen molar-refractivity contribution >= 4 is 0 Å². The van der Waals surface area contributed by atoms with Crippen LogP contribution in [0.4, 0.5) is 0 Å². The van der Waals surface area contributed by atoms with E-state index in [1.807, 2.05) is 0 Å². The summed E-state index contributed by atoms with van der Waals surface area (Å²) in [6, 6.07) is 0.703. The van der Waals surface area contributed by atoms with Gasteiger partial charge in [-0.15, -0.1) is 0 Å². The summed E-state index contributed by atoms with van der Waals surface area (Å²) in [5, 5.41) is 3.71. The van der Waals surface area contributed by atoms with Gasteiger partial charge in [0.25, 0.3) is 0 Å². The maximum absolute atomic E-state index is 5.59. The van der Waals surface area contributed by atoms with Crippen LogP contribution < -0.4 is 5.32 Å². The maximum atomic E-state index is 5.59. The van der Waals surface area contributed by atoms with Gasteiger partial charge in [0.1, 0.15) is 0 Å². The minimum atomic E-state index is 0.350. The van der Waals surface area contributed by atoms with Crippen LogP contribution in [0.15, 0.2) is 0 Å². The van der Waals surface area contributed by atoms with Crippen LogP contribution in [0.2, 0.25) is 0 Å². The Morgan fingerprint density at radius 3 is 2.47 bits per heavy atom. The second-order valence-electron chi connectivity index (χ2n) is 6.31. The predicted molar refractivity (Wildman–Crippen MR) is 74.2 cm³/mol. The van der Waals surface area contributed by atoms with Crippen molar-refractivity contribution in [1.82, 2.24) is 5.32 Å². The molecule has 0 aromatic carbocycles. The third-order valence-electron chi connectivity index (χ3n) is 3.98. The summed E-state index contributed by atoms with van der Waals surface area (Å²) < 4.78 is 5.59. The third kappa shape index (κ3) is 5.39. The Kier molecular flexibility index (Phi) is 6.50. The van der Waals surface area contributed by atoms with Gasteiger partial charge in [0.05, 0.1) is 12.7 Å². The molecule has 0 amide bonds. The first-order valence-corrected chi connectivity index (χ1v) is 7.35. The molecule has 3 unspecified atom stereocenters. The Morgan fingerprint density at radius 2 is 1.88 bits per heavy atom. The fourth-order valence-electron chi connectivity index (χ4n) is 2.98. The Labute approximate surface area is 108 Å². The van der Waals surface area contributed by atoms with E-state index >= 15 is 0 Å². The van der Waals surface area contributed by atoms with E-state index in [1.54, 1.807) is 0 Å². The lowest BCUT2D eigenvalue weighted by Crippen LogP contribution is -2.44. The van der Waals surface area contributed by atoms with Crippen LogP contribution in [0.1, 0.15) is 53.9 Å². The van der Waals surface area contributed by atoms with Crippen LogP contribution >= 0.6 is 0 Å². The zero-order valence-corrected chi connectivity index (χ0v) is 12.3. The van der Waals surface area contributed by atoms with Crippen molar-refractivity contribution in [2.75, 3.05) is 13.2 Å². The van der Waals surface area contributed by atoms with Crippen molar-refractivity contribution in [2.45, 2.75) is 66.0 Å². The summed E-state index contributed by atoms with van der Waals surface area (Å²) >= 11 is 0. The summed E-state index contributed by atoms with van der Waals surface area (Å²) in [6.07, 6.45) is 4.48. The van der Waals surface area contributed by atoms with Crippen LogP contribution in [0.3, 0.4) is 0 Å². The molecule has 3 atom stereocenters. The monoisotopic (exact) mass is 241 g/mol. The van der Waals surface area contributed by atoms with Gasteiger partial charge in [-0.1, -0.05) is 27.2 Å². The van der Waals surface area contributed by atoms with Crippen molar-refractivity contribution in [2.24, 2.45) is 17.8 Å². The summed E-state index contributed by atoms with van der Waals surface area (Å²) in [5.74, 6) is 2.53. The number of rotatable bonds is 6. The molecular weight excluding hydrogens is 210 g/mol. The number of ether oxygens (including phenoxy) is 1. The molecule has 1 saturated carbocycles. The summed E-state index contributed by atoms with van der Waals surface area (Å²) in [5.41, 5.74) is 0. The molecule has 0 radical (unpaired) electrons. The van der Waals surface area contributed by atoms with E-state index in [4.69, 9.17) is 4.74 Å². The van der Waals surface area contributed by atoms with Crippen molar-refractivity contribution in [3.63, 3.8) is 0 Å². The topological polar surface area (TPSA) is 21.3 Å². The highest BCUT2D eigenvalue weighted by Crippen LogP contribution is 2.33. The van der Waals surface area contributed by atoms with Crippen LogP contribution in [-0.4, -0.2) is 25.3 Å². The third-order valence-corrected chi connectivity index (χ3v) is 3.98. The van der Waals surface area contributed by atoms with E-state index in [2.05, 4.69) is 39.9 Å². The first-order chi connectivity index (χ1) is 8.00. The molecule has 2 nitrogen and oxygen atoms in total. The lowest BCUT2D eigenvalue weighted by atomic mass is 9.74. The number of nitrogens with one attached hydrogen (secondary N) is 1. The molecule has 0 aromatic rings. The van der Waals surface area contributed by atoms with Crippen molar-refractivity contribution in [1.29, 1.82) is 0 Å². The van der Waals surface area contributed by atoms with Gasteiger partial charge >= 0.3 is 0 Å². The van der Waals surface area contributed by atoms with Crippen LogP contribution in [-0.2, 0) is 4.74 Å². The molecule has 0 saturated heterocycles. The molecule has 0 spiro atoms. The van der Waals surface area contributed by atoms with E-state index in [0.29, 0.717) is 12.1 Å². The molecule has 1 fully saturated rings. The molecule has 102 valence electrons. The van der Waals surface area contributed by atoms with E-state index in [9.17, 15) is 0 Å². The Balaban J connectivity index is 2.31. The molecule has 0 heterocycles. The van der Waals surface area contributed by atoms with E-state index in [1.165, 1.54) is 19.3 Å². The summed E-state index contributed by atoms with van der Waals surface area (Å²) in [6.45, 7) is 13.1. The molecule has 0 aliphatic heterocycles. The molecule has 17 heavy (non-hydrogen) atoms. The Hall–Kier alpha value is -0.0800. The lowest BCUT2D eigenvalue weighted by molar-refractivity contribution is 0.0731. The molecule has 0 bridgehead atoms. The highest BCUT2D eigenvalue weighted by Gasteiger charge is 2.29. The average molecular weight is 241 g/mol. The average Bonchev–Trinajstić information content (AvgIpc) is 2.23. The molecule has 1 rings (SSSR count). The summed E-state index contributed by atoms with van der Waals surface area (Å²) in [7, 11) is 0. The smallest absolute Gasteiger partial charge is 0.0594 e. The first-order valence-electron chi connectivity index (χ1n) is 7.35. The van der Waals surface area contributed by atoms with E-state index in [0.717, 1.165) is 30.9 Å². The minimum Gasteiger partial charge on any atom is -0.377 e. The van der Waals surface area contributed by atoms with Gasteiger partial charge in [0.2, 0.25) is 0 Å². The molecule has 1 N–H and O–H groups in total. The van der Waals surface area contributed by atoms with Gasteiger partial charge in [-0.25, -0.2) is 0 Å². The highest BCUT2D eigenvalue weighted by atomic mass is 16.5. The molecule has 2 heteroatoms. The molecule has 0 aromatic heterocycles. The van der Waals surface area contributed by atoms with Gasteiger partial charge in [-0.05, 0) is 44.4 Å². The fraction of sp³-hybridized carbons (Fsp3) is 1.00. The first kappa shape index (κ1) is 15.0.